The standard InChI is InChI=1S/C14H20N2O/c1-3-5-12-8-14(10-15-9-12)17-11-13-6-4-7-16(13)2/h3,8-10,13H,1,4-7,11H2,2H3/t13-/m1/s1. The zero-order chi connectivity index (χ0) is 12.1. The Hall–Kier alpha value is -1.35. The van der Waals surface area contributed by atoms with Crippen LogP contribution in [-0.2, 0) is 6.42 Å². The summed E-state index contributed by atoms with van der Waals surface area (Å²) in [5.74, 6) is 0.865. The molecule has 1 aliphatic heterocycles. The topological polar surface area (TPSA) is 25.4 Å². The maximum absolute atomic E-state index is 5.81. The van der Waals surface area contributed by atoms with Crippen LogP contribution in [0.25, 0.3) is 0 Å². The SMILES string of the molecule is C=CCc1cncc(OC[C@H]2CCCN2C)c1. The van der Waals surface area contributed by atoms with Crippen molar-refractivity contribution in [2.75, 3.05) is 20.2 Å². The van der Waals surface area contributed by atoms with Crippen LogP contribution in [-0.4, -0.2) is 36.1 Å². The van der Waals surface area contributed by atoms with Crippen molar-refractivity contribution in [3.05, 3.63) is 36.7 Å². The number of rotatable bonds is 5. The van der Waals surface area contributed by atoms with Gasteiger partial charge < -0.3 is 9.64 Å². The first-order chi connectivity index (χ1) is 8.29. The molecule has 1 aromatic rings. The Balaban J connectivity index is 1.89. The zero-order valence-electron chi connectivity index (χ0n) is 10.4. The lowest BCUT2D eigenvalue weighted by atomic mass is 10.2. The predicted molar refractivity (Wildman–Crippen MR) is 69.3 cm³/mol. The summed E-state index contributed by atoms with van der Waals surface area (Å²) in [6, 6.07) is 2.60. The highest BCUT2D eigenvalue weighted by molar-refractivity contribution is 5.24. The highest BCUT2D eigenvalue weighted by Gasteiger charge is 2.21. The van der Waals surface area contributed by atoms with Crippen LogP contribution >= 0.6 is 0 Å². The fraction of sp³-hybridized carbons (Fsp3) is 0.500. The molecule has 92 valence electrons. The van der Waals surface area contributed by atoms with Gasteiger partial charge in [-0.3, -0.25) is 4.98 Å². The van der Waals surface area contributed by atoms with Crippen LogP contribution in [0.4, 0.5) is 0 Å². The second-order valence-electron chi connectivity index (χ2n) is 4.61. The number of hydrogen-bond donors (Lipinski definition) is 0. The highest BCUT2D eigenvalue weighted by Crippen LogP contribution is 2.17. The number of aromatic nitrogens is 1. The van der Waals surface area contributed by atoms with Crippen LogP contribution in [0.5, 0.6) is 5.75 Å². The molecule has 0 spiro atoms. The van der Waals surface area contributed by atoms with E-state index in [4.69, 9.17) is 4.74 Å². The van der Waals surface area contributed by atoms with E-state index in [0.717, 1.165) is 24.3 Å². The Labute approximate surface area is 103 Å². The first-order valence-electron chi connectivity index (χ1n) is 6.17. The third kappa shape index (κ3) is 3.30. The number of likely N-dealkylation sites (N-methyl/N-ethyl adjacent to an activating group) is 1. The van der Waals surface area contributed by atoms with Gasteiger partial charge in [-0.25, -0.2) is 0 Å². The van der Waals surface area contributed by atoms with Gasteiger partial charge in [0.15, 0.2) is 0 Å². The minimum atomic E-state index is 0.554. The molecule has 0 N–H and O–H groups in total. The fourth-order valence-electron chi connectivity index (χ4n) is 2.20. The quantitative estimate of drug-likeness (QED) is 0.728. The molecular weight excluding hydrogens is 212 g/mol. The van der Waals surface area contributed by atoms with Crippen molar-refractivity contribution >= 4 is 0 Å². The van der Waals surface area contributed by atoms with E-state index in [0.29, 0.717) is 6.04 Å². The Morgan fingerprint density at radius 3 is 3.18 bits per heavy atom. The van der Waals surface area contributed by atoms with Crippen molar-refractivity contribution in [2.24, 2.45) is 0 Å². The van der Waals surface area contributed by atoms with Gasteiger partial charge in [-0.05, 0) is 44.5 Å². The summed E-state index contributed by atoms with van der Waals surface area (Å²) >= 11 is 0. The molecule has 3 nitrogen and oxygen atoms in total. The third-order valence-electron chi connectivity index (χ3n) is 3.26. The van der Waals surface area contributed by atoms with Crippen molar-refractivity contribution in [1.29, 1.82) is 0 Å². The van der Waals surface area contributed by atoms with Crippen molar-refractivity contribution in [3.63, 3.8) is 0 Å². The molecule has 0 bridgehead atoms. The van der Waals surface area contributed by atoms with Crippen molar-refractivity contribution in [3.8, 4) is 5.75 Å². The lowest BCUT2D eigenvalue weighted by Crippen LogP contribution is -2.30. The molecule has 0 saturated carbocycles. The smallest absolute Gasteiger partial charge is 0.137 e. The van der Waals surface area contributed by atoms with E-state index in [9.17, 15) is 0 Å². The summed E-state index contributed by atoms with van der Waals surface area (Å²) in [4.78, 5) is 6.54. The monoisotopic (exact) mass is 232 g/mol. The molecule has 1 saturated heterocycles. The van der Waals surface area contributed by atoms with E-state index in [-0.39, 0.29) is 0 Å². The molecule has 0 radical (unpaired) electrons. The van der Waals surface area contributed by atoms with Gasteiger partial charge in [-0.15, -0.1) is 6.58 Å². The number of allylic oxidation sites excluding steroid dienone is 1. The summed E-state index contributed by atoms with van der Waals surface area (Å²) in [6.07, 6.45) is 8.87. The van der Waals surface area contributed by atoms with E-state index < -0.39 is 0 Å². The maximum Gasteiger partial charge on any atom is 0.137 e. The van der Waals surface area contributed by atoms with Crippen molar-refractivity contribution in [1.82, 2.24) is 9.88 Å². The summed E-state index contributed by atoms with van der Waals surface area (Å²) in [6.45, 7) is 5.67. The number of ether oxygens (including phenoxy) is 1. The van der Waals surface area contributed by atoms with E-state index in [2.05, 4.69) is 23.5 Å². The molecule has 2 heterocycles. The Bertz CT molecular complexity index is 378. The van der Waals surface area contributed by atoms with Gasteiger partial charge in [-0.2, -0.15) is 0 Å². The number of pyridine rings is 1. The fourth-order valence-corrected chi connectivity index (χ4v) is 2.20. The van der Waals surface area contributed by atoms with Crippen LogP contribution in [0.1, 0.15) is 18.4 Å². The van der Waals surface area contributed by atoms with Gasteiger partial charge in [0.25, 0.3) is 0 Å². The molecule has 1 aromatic heterocycles. The number of hydrogen-bond acceptors (Lipinski definition) is 3. The molecule has 0 unspecified atom stereocenters. The molecule has 0 aliphatic carbocycles. The first kappa shape index (κ1) is 12.1. The van der Waals surface area contributed by atoms with Gasteiger partial charge in [0, 0.05) is 12.2 Å². The predicted octanol–water partition coefficient (Wildman–Crippen LogP) is 2.28. The lowest BCUT2D eigenvalue weighted by Gasteiger charge is -2.19. The van der Waals surface area contributed by atoms with Gasteiger partial charge in [0.1, 0.15) is 12.4 Å². The molecule has 17 heavy (non-hydrogen) atoms. The first-order valence-corrected chi connectivity index (χ1v) is 6.17. The third-order valence-corrected chi connectivity index (χ3v) is 3.26. The summed E-state index contributed by atoms with van der Waals surface area (Å²) in [7, 11) is 2.16. The normalized spacial score (nSPS) is 20.4. The van der Waals surface area contributed by atoms with Crippen molar-refractivity contribution < 1.29 is 4.74 Å². The minimum absolute atomic E-state index is 0.554. The van der Waals surface area contributed by atoms with Gasteiger partial charge in [0.05, 0.1) is 6.20 Å². The molecule has 2 rings (SSSR count). The minimum Gasteiger partial charge on any atom is -0.490 e. The average Bonchev–Trinajstić information content (AvgIpc) is 2.73. The highest BCUT2D eigenvalue weighted by atomic mass is 16.5. The van der Waals surface area contributed by atoms with Crippen molar-refractivity contribution in [2.45, 2.75) is 25.3 Å². The summed E-state index contributed by atoms with van der Waals surface area (Å²) < 4.78 is 5.81. The second kappa shape index (κ2) is 5.82. The van der Waals surface area contributed by atoms with E-state index in [1.165, 1.54) is 19.4 Å². The number of nitrogens with zero attached hydrogens (tertiary/aromatic N) is 2. The van der Waals surface area contributed by atoms with E-state index in [1.807, 2.05) is 18.3 Å². The van der Waals surface area contributed by atoms with Crippen LogP contribution in [0.2, 0.25) is 0 Å². The van der Waals surface area contributed by atoms with Crippen LogP contribution < -0.4 is 4.74 Å². The molecule has 3 heteroatoms. The van der Waals surface area contributed by atoms with Gasteiger partial charge >= 0.3 is 0 Å². The number of likely N-dealkylation sites (tertiary alicyclic amines) is 1. The van der Waals surface area contributed by atoms with Gasteiger partial charge in [-0.1, -0.05) is 6.08 Å². The van der Waals surface area contributed by atoms with E-state index >= 15 is 0 Å². The Morgan fingerprint density at radius 1 is 1.59 bits per heavy atom. The Morgan fingerprint density at radius 2 is 2.47 bits per heavy atom. The van der Waals surface area contributed by atoms with E-state index in [1.54, 1.807) is 6.20 Å². The molecule has 0 aromatic carbocycles. The van der Waals surface area contributed by atoms with Crippen LogP contribution in [0.3, 0.4) is 0 Å². The molecule has 1 fully saturated rings. The molecule has 1 aliphatic rings. The lowest BCUT2D eigenvalue weighted by molar-refractivity contribution is 0.197. The average molecular weight is 232 g/mol. The zero-order valence-corrected chi connectivity index (χ0v) is 10.4. The molecule has 1 atom stereocenters. The van der Waals surface area contributed by atoms with Crippen LogP contribution in [0.15, 0.2) is 31.1 Å². The summed E-state index contributed by atoms with van der Waals surface area (Å²) in [5.41, 5.74) is 1.15. The largest absolute Gasteiger partial charge is 0.490 e. The molecular formula is C14H20N2O. The van der Waals surface area contributed by atoms with Gasteiger partial charge in [0.2, 0.25) is 0 Å². The Kier molecular flexibility index (Phi) is 4.15. The van der Waals surface area contributed by atoms with Crippen LogP contribution in [0, 0.1) is 0 Å². The molecule has 0 amide bonds. The summed E-state index contributed by atoms with van der Waals surface area (Å²) in [5, 5.41) is 0. The maximum atomic E-state index is 5.81. The second-order valence-corrected chi connectivity index (χ2v) is 4.61.